The molecule has 0 fully saturated rings. The standard InChI is InChI=1S/C33H35F5N2O5/c34-32(35,33(36,37)38)18-5-19-44-27-16-11-24(12-17-27)31(43)45-28-14-8-22(9-15-28)20-25(30(41)42)7-4-2-1-3-6-23-10-13-26(39)21-29(23)40/h8-17,20-21H,1-7,18-19,39-40H2,(H,41,42)/b25-20+. The molecule has 0 aromatic heterocycles. The molecule has 3 aromatic rings. The lowest BCUT2D eigenvalue weighted by atomic mass is 10.0. The molecule has 0 spiro atoms. The molecule has 0 aliphatic rings. The molecule has 0 aliphatic heterocycles. The van der Waals surface area contributed by atoms with Crippen molar-refractivity contribution in [2.75, 3.05) is 18.1 Å². The number of halogens is 5. The number of esters is 1. The summed E-state index contributed by atoms with van der Waals surface area (Å²) in [5.74, 6) is -6.07. The molecule has 0 bridgehead atoms. The van der Waals surface area contributed by atoms with Gasteiger partial charge in [0.15, 0.2) is 0 Å². The van der Waals surface area contributed by atoms with Crippen LogP contribution >= 0.6 is 0 Å². The van der Waals surface area contributed by atoms with E-state index in [9.17, 15) is 36.6 Å². The van der Waals surface area contributed by atoms with Crippen LogP contribution in [0.1, 0.15) is 66.4 Å². The first kappa shape index (κ1) is 34.9. The molecule has 0 radical (unpaired) electrons. The van der Waals surface area contributed by atoms with Crippen LogP contribution in [0.3, 0.4) is 0 Å². The van der Waals surface area contributed by atoms with Gasteiger partial charge >= 0.3 is 24.0 Å². The fraction of sp³-hybridized carbons (Fsp3) is 0.333. The van der Waals surface area contributed by atoms with Crippen molar-refractivity contribution in [1.29, 1.82) is 0 Å². The molecule has 7 nitrogen and oxygen atoms in total. The van der Waals surface area contributed by atoms with Gasteiger partial charge in [-0.15, -0.1) is 0 Å². The van der Waals surface area contributed by atoms with Gasteiger partial charge in [0, 0.05) is 23.4 Å². The van der Waals surface area contributed by atoms with Gasteiger partial charge in [-0.05, 0) is 97.8 Å². The molecule has 0 saturated heterocycles. The van der Waals surface area contributed by atoms with E-state index >= 15 is 0 Å². The van der Waals surface area contributed by atoms with Crippen molar-refractivity contribution in [3.63, 3.8) is 0 Å². The Bertz CT molecular complexity index is 1460. The number of carbonyl (C=O) groups is 2. The number of rotatable bonds is 16. The molecule has 242 valence electrons. The van der Waals surface area contributed by atoms with Crippen molar-refractivity contribution >= 4 is 29.4 Å². The second kappa shape index (κ2) is 15.9. The Morgan fingerprint density at radius 3 is 2.07 bits per heavy atom. The number of aliphatic carboxylic acids is 1. The number of hydrogen-bond donors (Lipinski definition) is 3. The maximum absolute atomic E-state index is 13.0. The zero-order valence-electron chi connectivity index (χ0n) is 24.4. The molecule has 0 aliphatic carbocycles. The lowest BCUT2D eigenvalue weighted by Crippen LogP contribution is -2.36. The predicted molar refractivity (Wildman–Crippen MR) is 161 cm³/mol. The first-order valence-electron chi connectivity index (χ1n) is 14.3. The Hall–Kier alpha value is -4.61. The van der Waals surface area contributed by atoms with Crippen LogP contribution in [0.5, 0.6) is 11.5 Å². The van der Waals surface area contributed by atoms with E-state index in [1.54, 1.807) is 24.3 Å². The summed E-state index contributed by atoms with van der Waals surface area (Å²) in [5, 5.41) is 9.64. The molecule has 0 amide bonds. The number of unbranched alkanes of at least 4 members (excludes halogenated alkanes) is 3. The number of hydrogen-bond acceptors (Lipinski definition) is 6. The maximum atomic E-state index is 13.0. The fourth-order valence-electron chi connectivity index (χ4n) is 4.38. The van der Waals surface area contributed by atoms with Crippen molar-refractivity contribution in [2.45, 2.75) is 63.5 Å². The van der Waals surface area contributed by atoms with Gasteiger partial charge in [0.2, 0.25) is 0 Å². The third kappa shape index (κ3) is 11.1. The number of nitrogens with two attached hydrogens (primary N) is 2. The average Bonchev–Trinajstić information content (AvgIpc) is 2.98. The van der Waals surface area contributed by atoms with Gasteiger partial charge < -0.3 is 26.0 Å². The SMILES string of the molecule is Nc1ccc(CCCCCC/C(=C\c2ccc(OC(=O)c3ccc(OCCCC(F)(F)C(F)(F)F)cc3)cc2)C(=O)O)c(N)c1. The predicted octanol–water partition coefficient (Wildman–Crippen LogP) is 8.09. The van der Waals surface area contributed by atoms with Gasteiger partial charge in [-0.2, -0.15) is 22.0 Å². The van der Waals surface area contributed by atoms with Crippen LogP contribution in [-0.2, 0) is 11.2 Å². The van der Waals surface area contributed by atoms with Gasteiger partial charge in [-0.3, -0.25) is 0 Å². The summed E-state index contributed by atoms with van der Waals surface area (Å²) in [7, 11) is 0. The molecule has 5 N–H and O–H groups in total. The minimum atomic E-state index is -5.61. The Balaban J connectivity index is 1.43. The lowest BCUT2D eigenvalue weighted by molar-refractivity contribution is -0.284. The minimum absolute atomic E-state index is 0.153. The van der Waals surface area contributed by atoms with E-state index in [-0.39, 0.29) is 29.2 Å². The molecule has 0 heterocycles. The van der Waals surface area contributed by atoms with E-state index in [4.69, 9.17) is 20.9 Å². The Morgan fingerprint density at radius 2 is 1.44 bits per heavy atom. The zero-order chi connectivity index (χ0) is 33.0. The molecule has 0 unspecified atom stereocenters. The Labute approximate surface area is 257 Å². The van der Waals surface area contributed by atoms with E-state index in [2.05, 4.69) is 0 Å². The second-order valence-corrected chi connectivity index (χ2v) is 10.5. The van der Waals surface area contributed by atoms with Gasteiger partial charge in [0.1, 0.15) is 11.5 Å². The largest absolute Gasteiger partial charge is 0.494 e. The van der Waals surface area contributed by atoms with E-state index < -0.39 is 36.9 Å². The molecule has 45 heavy (non-hydrogen) atoms. The minimum Gasteiger partial charge on any atom is -0.494 e. The van der Waals surface area contributed by atoms with Crippen molar-refractivity contribution in [3.05, 3.63) is 89.0 Å². The van der Waals surface area contributed by atoms with E-state index in [1.807, 2.05) is 12.1 Å². The first-order valence-corrected chi connectivity index (χ1v) is 14.3. The summed E-state index contributed by atoms with van der Waals surface area (Å²) >= 11 is 0. The first-order chi connectivity index (χ1) is 21.2. The number of nitrogen functional groups attached to an aromatic ring is 2. The average molecular weight is 635 g/mol. The highest BCUT2D eigenvalue weighted by Crippen LogP contribution is 2.38. The van der Waals surface area contributed by atoms with Crippen molar-refractivity contribution < 1.29 is 46.1 Å². The number of carboxylic acid groups (broad SMARTS) is 1. The number of carbonyl (C=O) groups excluding carboxylic acids is 1. The normalized spacial score (nSPS) is 12.2. The van der Waals surface area contributed by atoms with Crippen LogP contribution in [0.15, 0.2) is 72.3 Å². The quantitative estimate of drug-likeness (QED) is 0.0363. The molecule has 3 rings (SSSR count). The summed E-state index contributed by atoms with van der Waals surface area (Å²) in [4.78, 5) is 24.3. The zero-order valence-corrected chi connectivity index (χ0v) is 24.4. The molecular weight excluding hydrogens is 599 g/mol. The smallest absolute Gasteiger partial charge is 0.453 e. The van der Waals surface area contributed by atoms with Crippen molar-refractivity contribution in [1.82, 2.24) is 0 Å². The highest BCUT2D eigenvalue weighted by atomic mass is 19.4. The second-order valence-electron chi connectivity index (χ2n) is 10.5. The molecular formula is C33H35F5N2O5. The number of aryl methyl sites for hydroxylation is 1. The molecule has 3 aromatic carbocycles. The fourth-order valence-corrected chi connectivity index (χ4v) is 4.38. The Kier molecular flexibility index (Phi) is 12.3. The number of carboxylic acids is 1. The van der Waals surface area contributed by atoms with Gasteiger partial charge in [-0.25, -0.2) is 9.59 Å². The highest BCUT2D eigenvalue weighted by molar-refractivity contribution is 5.92. The summed E-state index contributed by atoms with van der Waals surface area (Å²) in [6.07, 6.45) is -1.28. The third-order valence-corrected chi connectivity index (χ3v) is 6.93. The van der Waals surface area contributed by atoms with Crippen LogP contribution < -0.4 is 20.9 Å². The maximum Gasteiger partial charge on any atom is 0.453 e. The number of ether oxygens (including phenoxy) is 2. The number of alkyl halides is 5. The Morgan fingerprint density at radius 1 is 0.800 bits per heavy atom. The van der Waals surface area contributed by atoms with Crippen LogP contribution in [0.25, 0.3) is 6.08 Å². The lowest BCUT2D eigenvalue weighted by Gasteiger charge is -2.19. The van der Waals surface area contributed by atoms with E-state index in [1.165, 1.54) is 36.4 Å². The molecule has 12 heteroatoms. The third-order valence-electron chi connectivity index (χ3n) is 6.93. The number of anilines is 2. The van der Waals surface area contributed by atoms with Crippen molar-refractivity contribution in [2.24, 2.45) is 0 Å². The van der Waals surface area contributed by atoms with Gasteiger partial charge in [0.25, 0.3) is 0 Å². The van der Waals surface area contributed by atoms with Gasteiger partial charge in [-0.1, -0.05) is 31.0 Å². The van der Waals surface area contributed by atoms with Crippen LogP contribution in [0.2, 0.25) is 0 Å². The summed E-state index contributed by atoms with van der Waals surface area (Å²) in [5.41, 5.74) is 15.1. The van der Waals surface area contributed by atoms with Gasteiger partial charge in [0.05, 0.1) is 12.2 Å². The topological polar surface area (TPSA) is 125 Å². The molecule has 0 atom stereocenters. The summed E-state index contributed by atoms with van der Waals surface area (Å²) in [6.45, 7) is -0.360. The summed E-state index contributed by atoms with van der Waals surface area (Å²) < 4.78 is 73.1. The molecule has 0 saturated carbocycles. The van der Waals surface area contributed by atoms with Crippen molar-refractivity contribution in [3.8, 4) is 11.5 Å². The van der Waals surface area contributed by atoms with Crippen LogP contribution in [0.4, 0.5) is 33.3 Å². The monoisotopic (exact) mass is 634 g/mol. The van der Waals surface area contributed by atoms with Crippen LogP contribution in [-0.4, -0.2) is 35.8 Å². The van der Waals surface area contributed by atoms with Crippen LogP contribution in [0, 0.1) is 0 Å². The van der Waals surface area contributed by atoms with E-state index in [0.29, 0.717) is 29.8 Å². The number of benzene rings is 3. The highest BCUT2D eigenvalue weighted by Gasteiger charge is 2.56. The summed E-state index contributed by atoms with van der Waals surface area (Å²) in [6, 6.07) is 17.3. The van der Waals surface area contributed by atoms with E-state index in [0.717, 1.165) is 31.2 Å².